The quantitative estimate of drug-likeness (QED) is 0.0106. The lowest BCUT2D eigenvalue weighted by molar-refractivity contribution is -0.167. The van der Waals surface area contributed by atoms with Gasteiger partial charge in [0.15, 0.2) is 22.4 Å². The number of nitrogens with one attached hydrogen (secondary N) is 2. The summed E-state index contributed by atoms with van der Waals surface area (Å²) in [5.74, 6) is 8.70. The summed E-state index contributed by atoms with van der Waals surface area (Å²) in [6.07, 6.45) is 27.6. The first-order valence-electron chi connectivity index (χ1n) is 46.2. The van der Waals surface area contributed by atoms with Gasteiger partial charge in [0.25, 0.3) is 10.1 Å². The average Bonchev–Trinajstić information content (AvgIpc) is 1.52. The van der Waals surface area contributed by atoms with Gasteiger partial charge in [-0.2, -0.15) is 8.42 Å². The van der Waals surface area contributed by atoms with Gasteiger partial charge in [-0.05, 0) is 270 Å². The number of allylic oxidation sites excluding steroid dienone is 2. The van der Waals surface area contributed by atoms with Crippen molar-refractivity contribution >= 4 is 85.7 Å². The van der Waals surface area contributed by atoms with Crippen LogP contribution >= 0.6 is 11.8 Å². The van der Waals surface area contributed by atoms with Gasteiger partial charge in [-0.3, -0.25) is 48.3 Å². The molecule has 3 aromatic heterocycles. The highest BCUT2D eigenvalue weighted by Gasteiger charge is 2.68. The third kappa shape index (κ3) is 17.6. The van der Waals surface area contributed by atoms with Crippen LogP contribution in [0.25, 0.3) is 39.9 Å². The Balaban J connectivity index is 0.000000133. The van der Waals surface area contributed by atoms with Crippen molar-refractivity contribution in [2.75, 3.05) is 33.0 Å². The highest BCUT2D eigenvalue weighted by Crippen LogP contribution is 2.70. The maximum Gasteiger partial charge on any atom is 0.302 e. The van der Waals surface area contributed by atoms with Crippen molar-refractivity contribution in [3.8, 4) is 28.4 Å². The Morgan fingerprint density at radius 1 is 0.727 bits per heavy atom. The number of H-pyrrole nitrogens is 1. The van der Waals surface area contributed by atoms with Crippen molar-refractivity contribution in [1.29, 1.82) is 5.41 Å². The number of hydrogen-bond donors (Lipinski definition) is 6. The Hall–Kier alpha value is -9.85. The van der Waals surface area contributed by atoms with Crippen molar-refractivity contribution in [2.24, 2.45) is 109 Å². The molecule has 680 valence electrons. The van der Waals surface area contributed by atoms with E-state index in [4.69, 9.17) is 30.2 Å². The number of thioether (sulfide) groups is 1. The van der Waals surface area contributed by atoms with Crippen molar-refractivity contribution < 1.29 is 63.6 Å². The first kappa shape index (κ1) is 91.5. The van der Waals surface area contributed by atoms with Crippen molar-refractivity contribution in [3.63, 3.8) is 0 Å². The minimum absolute atomic E-state index is 0. The van der Waals surface area contributed by atoms with Gasteiger partial charge in [-0.1, -0.05) is 161 Å². The van der Waals surface area contributed by atoms with Gasteiger partial charge in [-0.15, -0.1) is 0 Å². The Bertz CT molecular complexity index is 5800. The highest BCUT2D eigenvalue weighted by atomic mass is 32.2. The molecule has 0 spiro atoms. The number of hydrogen-bond acceptors (Lipinski definition) is 20. The van der Waals surface area contributed by atoms with E-state index in [1.54, 1.807) is 32.3 Å². The molecule has 128 heavy (non-hydrogen) atoms. The normalized spacial score (nSPS) is 31.8. The minimum atomic E-state index is -3.95. The number of aromatic nitrogens is 4. The summed E-state index contributed by atoms with van der Waals surface area (Å²) in [5.41, 5.74) is 22.5. The Morgan fingerprint density at radius 2 is 1.41 bits per heavy atom. The largest absolute Gasteiger partial charge is 0.508 e. The number of nitrogen functional groups attached to an aromatic ring is 1. The smallest absolute Gasteiger partial charge is 0.302 e. The predicted molar refractivity (Wildman–Crippen MR) is 501 cm³/mol. The zero-order chi connectivity index (χ0) is 90.8. The Kier molecular flexibility index (Phi) is 26.1. The van der Waals surface area contributed by atoms with Gasteiger partial charge in [0.2, 0.25) is 0 Å². The second kappa shape index (κ2) is 36.5. The standard InChI is InChI=1S/C28H36O5S.C25H37NO4.C19H18N4O.C19H22O2.C13H12N4OS.2H2/c1-18-4-7-21(8-5-18)34(31,32)33-17-26(30)25-11-10-23-22-9-6-19-16-20(29)12-14-27(19,2)24(22)13-15-28(23,25)3;1-14(27)23-21(26-9-10-26)12-20-18-6-5-16-11-17(30-15(2)28)7-8-24(16,3)19(18)13-22(29)25(20,23)4;1-23-19(22)15-8-4-13(5-9-15)17-11-10-16(24-17)12-2-6-14(7-3-12)18(20)21;1-11-9-13(20)10-12-3-4-14-15(18(11)12)7-8-19(2)16(14)5-6-17(19)21;1-19-13-14-7-9-11(17-13)16-12(15-9)10(18)8-5-3-2-4-6-8;;/h4-5,7-8,16,22-25H,6,9-15,17H2,1-3H3;16-21,23H,5-13H2,1-4H3;2-11H,1H3,(H3,20,21)(H2,22,23);3-4,9-10,14-16,20H,5-8H2,1-2H3;2-7,10,18H,1H3,(H,14,15,16,17);2*1H/t22-,23+,24+,25-,27+,28+;;;14-,15-,16-,19-;;;/m1..0.../s1. The first-order chi connectivity index (χ1) is 61.1. The maximum absolute atomic E-state index is 13.7. The van der Waals surface area contributed by atoms with Gasteiger partial charge in [-0.25, -0.2) is 15.0 Å². The lowest BCUT2D eigenvalue weighted by Crippen LogP contribution is -2.58. The third-order valence-electron chi connectivity index (χ3n) is 33.2. The van der Waals surface area contributed by atoms with Crippen molar-refractivity contribution in [1.82, 2.24) is 24.8 Å². The number of aliphatic imine (C=N–C) groups is 1. The van der Waals surface area contributed by atoms with Crippen LogP contribution in [-0.4, -0.2) is 135 Å². The molecule has 0 amide bonds. The van der Waals surface area contributed by atoms with Crippen LogP contribution in [0.5, 0.6) is 5.75 Å². The zero-order valence-corrected chi connectivity index (χ0v) is 77.4. The molecule has 11 aliphatic carbocycles. The summed E-state index contributed by atoms with van der Waals surface area (Å²) in [6, 6.07) is 38.9. The number of rotatable bonds is 15. The molecule has 10 unspecified atom stereocenters. The second-order valence-electron chi connectivity index (χ2n) is 39.8. The van der Waals surface area contributed by atoms with Crippen LogP contribution < -0.4 is 11.5 Å². The lowest BCUT2D eigenvalue weighted by atomic mass is 9.44. The predicted octanol–water partition coefficient (Wildman–Crippen LogP) is 19.1. The number of imidazole rings is 1. The molecule has 22 nitrogen and oxygen atoms in total. The number of nitrogens with two attached hydrogens (primary N) is 2. The van der Waals surface area contributed by atoms with E-state index in [1.165, 1.54) is 53.1 Å². The number of carbonyl (C=O) groups is 6. The van der Waals surface area contributed by atoms with Gasteiger partial charge in [0, 0.05) is 100 Å². The number of carbonyl (C=O) groups excluding carboxylic acids is 6. The van der Waals surface area contributed by atoms with Crippen molar-refractivity contribution in [3.05, 3.63) is 196 Å². The molecule has 20 rings (SSSR count). The van der Waals surface area contributed by atoms with E-state index in [1.807, 2.05) is 122 Å². The molecular formula is C104H129N9O13S2. The third-order valence-corrected chi connectivity index (χ3v) is 35.0. The molecule has 8 aromatic rings. The van der Waals surface area contributed by atoms with Gasteiger partial charge >= 0.3 is 5.97 Å². The van der Waals surface area contributed by atoms with Crippen LogP contribution in [0.2, 0.25) is 0 Å². The molecule has 9 saturated carbocycles. The average molecular weight is 1780 g/mol. The number of esters is 1. The summed E-state index contributed by atoms with van der Waals surface area (Å²) in [5, 5.41) is 28.2. The zero-order valence-electron chi connectivity index (χ0n) is 75.7. The van der Waals surface area contributed by atoms with Crippen LogP contribution in [0, 0.1) is 111 Å². The molecule has 5 aromatic carbocycles. The molecule has 4 heterocycles. The van der Waals surface area contributed by atoms with E-state index in [0.717, 1.165) is 167 Å². The van der Waals surface area contributed by atoms with Crippen LogP contribution in [0.4, 0.5) is 0 Å². The topological polar surface area (TPSA) is 354 Å². The summed E-state index contributed by atoms with van der Waals surface area (Å²) in [7, 11) is -2.28. The van der Waals surface area contributed by atoms with E-state index < -0.39 is 21.6 Å². The molecular weight excluding hydrogens is 1650 g/mol. The summed E-state index contributed by atoms with van der Waals surface area (Å²) in [4.78, 5) is 97.9. The first-order valence-corrected chi connectivity index (χ1v) is 48.8. The van der Waals surface area contributed by atoms with Crippen LogP contribution in [-0.2, 0) is 47.8 Å². The molecule has 1 aliphatic heterocycles. The number of ether oxygens (including phenoxy) is 1. The van der Waals surface area contributed by atoms with Crippen LogP contribution in [0.1, 0.15) is 230 Å². The molecule has 1 saturated heterocycles. The minimum Gasteiger partial charge on any atom is -0.508 e. The molecule has 24 heteroatoms. The number of phenols is 1. The number of Topliss-reactive ketones (excluding diaryl/α,β-unsaturated/α-hetero) is 4. The van der Waals surface area contributed by atoms with E-state index in [9.17, 15) is 47.4 Å². The second-order valence-corrected chi connectivity index (χ2v) is 42.2. The molecule has 0 radical (unpaired) electrons. The van der Waals surface area contributed by atoms with Gasteiger partial charge in [0.1, 0.15) is 76.4 Å². The number of aryl methyl sites for hydroxylation is 2. The molecule has 20 atom stereocenters. The van der Waals surface area contributed by atoms with E-state index in [2.05, 4.69) is 83.5 Å². The maximum atomic E-state index is 13.7. The van der Waals surface area contributed by atoms with Crippen molar-refractivity contribution in [2.45, 2.75) is 219 Å². The molecule has 8 N–H and O–H groups in total. The number of furan rings is 1. The fourth-order valence-electron chi connectivity index (χ4n) is 26.3. The number of aromatic amines is 1. The van der Waals surface area contributed by atoms with Gasteiger partial charge < -0.3 is 35.8 Å². The van der Waals surface area contributed by atoms with E-state index in [0.29, 0.717) is 117 Å². The number of aliphatic hydroxyl groups excluding tert-OH is 1. The summed E-state index contributed by atoms with van der Waals surface area (Å²) in [6.45, 7) is 20.3. The number of benzene rings is 5. The number of nitrogens with zero attached hydrogens (tertiary/aromatic N) is 5. The fourth-order valence-corrected chi connectivity index (χ4v) is 27.5. The van der Waals surface area contributed by atoms with Crippen LogP contribution in [0.3, 0.4) is 0 Å². The fraction of sp³-hybridized carbons (Fsp3) is 0.510. The molecule has 0 bridgehead atoms. The highest BCUT2D eigenvalue weighted by molar-refractivity contribution is 7.98. The number of aliphatic hydroxyl groups is 1. The summed E-state index contributed by atoms with van der Waals surface area (Å²) < 4.78 is 41.9. The molecule has 10 fully saturated rings. The van der Waals surface area contributed by atoms with E-state index >= 15 is 0 Å². The lowest BCUT2D eigenvalue weighted by Gasteiger charge is -2.60. The number of amidine groups is 2. The molecule has 12 aliphatic rings. The number of aromatic hydroxyl groups is 1. The SMILES string of the molecule is CC(=O)OC1CCC2(C)C(CCC3C2CC(=O)C2(C)C3CC(N3CC3)C2C(C)=O)C1.CN=C(N)c1ccc(-c2ccc(-c3ccc(C(=N)N)cc3)o2)cc1.CSc1ncc2[nH]c(C(O)c3ccccc3)nc2n1.Cc1cc(O)cc2c1[C@H]1CC[C@]3(C)C(=O)CC[C@H]3[C@H]1C=C2.Cc1ccc(S(=O)(=O)OCC(=O)[C@H]2CC[C@H]3[C@H]4CCC5=CC(=O)CC[C@]5(C)[C@H]4CC[C@]23C)cc1.[HH].[HH]. The number of phenolic OH excluding ortho intramolecular Hbond substituents is 1. The monoisotopic (exact) mass is 1780 g/mol. The summed E-state index contributed by atoms with van der Waals surface area (Å²) >= 11 is 1.46. The van der Waals surface area contributed by atoms with E-state index in [-0.39, 0.29) is 89.2 Å². The number of ketones is 5. The number of fused-ring (bicyclic) bond motifs is 16. The Morgan fingerprint density at radius 3 is 2.08 bits per heavy atom. The van der Waals surface area contributed by atoms with Crippen LogP contribution in [0.15, 0.2) is 171 Å². The Labute approximate surface area is 759 Å². The van der Waals surface area contributed by atoms with Gasteiger partial charge in [0.05, 0.1) is 11.1 Å².